The summed E-state index contributed by atoms with van der Waals surface area (Å²) in [5.41, 5.74) is 5.49. The van der Waals surface area contributed by atoms with Crippen LogP contribution in [0.5, 0.6) is 0 Å². The van der Waals surface area contributed by atoms with E-state index in [0.717, 1.165) is 51.5 Å². The molecule has 0 atom stereocenters. The van der Waals surface area contributed by atoms with Crippen LogP contribution < -0.4 is 5.32 Å². The first kappa shape index (κ1) is 15.1. The van der Waals surface area contributed by atoms with Crippen molar-refractivity contribution in [1.29, 1.82) is 0 Å². The number of nitrogens with one attached hydrogen (secondary N) is 1. The molecule has 0 spiro atoms. The number of benzene rings is 1. The van der Waals surface area contributed by atoms with Crippen LogP contribution in [0.15, 0.2) is 57.8 Å². The average Bonchev–Trinajstić information content (AvgIpc) is 3.40. The molecule has 0 bridgehead atoms. The van der Waals surface area contributed by atoms with Crippen molar-refractivity contribution in [2.45, 2.75) is 12.8 Å². The Bertz CT molecular complexity index is 1130. The number of oxime groups is 1. The highest BCUT2D eigenvalue weighted by atomic mass is 32.1. The Hall–Kier alpha value is -3.19. The first-order chi connectivity index (χ1) is 12.8. The lowest BCUT2D eigenvalue weighted by Gasteiger charge is -2.08. The second-order valence-corrected chi connectivity index (χ2v) is 6.95. The van der Waals surface area contributed by atoms with Gasteiger partial charge in [-0.25, -0.2) is 4.98 Å². The van der Waals surface area contributed by atoms with Crippen molar-refractivity contribution < 1.29 is 9.62 Å². The predicted molar refractivity (Wildman–Crippen MR) is 101 cm³/mol. The molecule has 1 aliphatic rings. The zero-order valence-corrected chi connectivity index (χ0v) is 14.5. The van der Waals surface area contributed by atoms with Crippen LogP contribution in [0.25, 0.3) is 21.7 Å². The fourth-order valence-corrected chi connectivity index (χ4v) is 3.98. The van der Waals surface area contributed by atoms with Gasteiger partial charge < -0.3 is 14.9 Å². The van der Waals surface area contributed by atoms with E-state index < -0.39 is 0 Å². The minimum Gasteiger partial charge on any atom is -0.450 e. The molecule has 2 N–H and O–H groups in total. The second-order valence-electron chi connectivity index (χ2n) is 6.06. The number of rotatable bonds is 3. The molecule has 7 heteroatoms. The van der Waals surface area contributed by atoms with E-state index in [1.54, 1.807) is 18.6 Å². The molecular formula is C19H14N4O2S. The lowest BCUT2D eigenvalue weighted by Crippen LogP contribution is -1.96. The molecule has 5 rings (SSSR count). The lowest BCUT2D eigenvalue weighted by molar-refractivity contribution is 0.318. The molecular weight excluding hydrogens is 348 g/mol. The van der Waals surface area contributed by atoms with Crippen LogP contribution in [0.2, 0.25) is 0 Å². The summed E-state index contributed by atoms with van der Waals surface area (Å²) in [6, 6.07) is 8.01. The van der Waals surface area contributed by atoms with Crippen molar-refractivity contribution >= 4 is 39.4 Å². The zero-order chi connectivity index (χ0) is 17.5. The Morgan fingerprint density at radius 3 is 3.00 bits per heavy atom. The van der Waals surface area contributed by atoms with E-state index in [0.29, 0.717) is 5.76 Å². The third-order valence-corrected chi connectivity index (χ3v) is 5.33. The number of nitrogens with zero attached hydrogens (tertiary/aromatic N) is 3. The third-order valence-electron chi connectivity index (χ3n) is 4.56. The Balaban J connectivity index is 1.61. The SMILES string of the molecule is ON=C1CCc2cc(Nc3c(-c4nccs4)oc4cnccc34)ccc21. The van der Waals surface area contributed by atoms with Crippen molar-refractivity contribution in [3.05, 3.63) is 59.4 Å². The van der Waals surface area contributed by atoms with Gasteiger partial charge in [0.05, 0.1) is 17.6 Å². The molecule has 3 aromatic heterocycles. The second kappa shape index (κ2) is 5.96. The number of pyridine rings is 1. The molecule has 0 saturated carbocycles. The molecule has 3 heterocycles. The van der Waals surface area contributed by atoms with Gasteiger partial charge in [-0.15, -0.1) is 11.3 Å². The summed E-state index contributed by atoms with van der Waals surface area (Å²) in [5.74, 6) is 0.709. The van der Waals surface area contributed by atoms with Crippen molar-refractivity contribution in [3.63, 3.8) is 0 Å². The number of aryl methyl sites for hydroxylation is 1. The minimum atomic E-state index is 0.709. The number of hydrogen-bond donors (Lipinski definition) is 2. The summed E-state index contributed by atoms with van der Waals surface area (Å²) in [5, 5.41) is 19.7. The molecule has 26 heavy (non-hydrogen) atoms. The van der Waals surface area contributed by atoms with Crippen LogP contribution in [0.4, 0.5) is 11.4 Å². The molecule has 4 aromatic rings. The van der Waals surface area contributed by atoms with Gasteiger partial charge in [-0.3, -0.25) is 4.98 Å². The maximum absolute atomic E-state index is 9.10. The van der Waals surface area contributed by atoms with Crippen LogP contribution in [0, 0.1) is 0 Å². The first-order valence-corrected chi connectivity index (χ1v) is 9.09. The average molecular weight is 362 g/mol. The highest BCUT2D eigenvalue weighted by Crippen LogP contribution is 2.40. The van der Waals surface area contributed by atoms with Gasteiger partial charge in [0, 0.05) is 34.4 Å². The van der Waals surface area contributed by atoms with E-state index in [2.05, 4.69) is 26.5 Å². The van der Waals surface area contributed by atoms with Gasteiger partial charge in [-0.05, 0) is 36.6 Å². The molecule has 0 radical (unpaired) electrons. The van der Waals surface area contributed by atoms with E-state index >= 15 is 0 Å². The van der Waals surface area contributed by atoms with Gasteiger partial charge in [0.15, 0.2) is 16.4 Å². The minimum absolute atomic E-state index is 0.709. The van der Waals surface area contributed by atoms with Gasteiger partial charge in [0.1, 0.15) is 0 Å². The monoisotopic (exact) mass is 362 g/mol. The molecule has 128 valence electrons. The van der Waals surface area contributed by atoms with Crippen molar-refractivity contribution in [1.82, 2.24) is 9.97 Å². The third kappa shape index (κ3) is 2.36. The largest absolute Gasteiger partial charge is 0.450 e. The summed E-state index contributed by atoms with van der Waals surface area (Å²) in [6.45, 7) is 0. The lowest BCUT2D eigenvalue weighted by atomic mass is 10.1. The van der Waals surface area contributed by atoms with E-state index in [1.165, 1.54) is 16.9 Å². The summed E-state index contributed by atoms with van der Waals surface area (Å²) in [6.07, 6.45) is 6.87. The molecule has 0 unspecified atom stereocenters. The number of aromatic nitrogens is 2. The normalized spacial score (nSPS) is 14.8. The van der Waals surface area contributed by atoms with Crippen LogP contribution >= 0.6 is 11.3 Å². The van der Waals surface area contributed by atoms with E-state index in [-0.39, 0.29) is 0 Å². The maximum Gasteiger partial charge on any atom is 0.187 e. The molecule has 0 aliphatic heterocycles. The number of anilines is 2. The van der Waals surface area contributed by atoms with Gasteiger partial charge in [0.2, 0.25) is 0 Å². The molecule has 0 fully saturated rings. The standard InChI is InChI=1S/C19H14N4O2S/c24-23-15-4-1-11-9-12(2-3-13(11)15)22-17-14-5-6-20-10-16(14)25-18(17)19-21-7-8-26-19/h2-3,5-10,22,24H,1,4H2. The fraction of sp³-hybridized carbons (Fsp3) is 0.105. The highest BCUT2D eigenvalue weighted by Gasteiger charge is 2.21. The smallest absolute Gasteiger partial charge is 0.187 e. The Morgan fingerprint density at radius 1 is 1.19 bits per heavy atom. The van der Waals surface area contributed by atoms with Crippen molar-refractivity contribution in [3.8, 4) is 10.8 Å². The van der Waals surface area contributed by atoms with Crippen molar-refractivity contribution in [2.75, 3.05) is 5.32 Å². The van der Waals surface area contributed by atoms with E-state index in [4.69, 9.17) is 9.62 Å². The number of fused-ring (bicyclic) bond motifs is 2. The molecule has 1 aliphatic carbocycles. The Labute approximate surface area is 152 Å². The van der Waals surface area contributed by atoms with Gasteiger partial charge in [-0.1, -0.05) is 11.2 Å². The number of hydrogen-bond acceptors (Lipinski definition) is 7. The van der Waals surface area contributed by atoms with Crippen molar-refractivity contribution in [2.24, 2.45) is 5.16 Å². The Morgan fingerprint density at radius 2 is 2.15 bits per heavy atom. The molecule has 6 nitrogen and oxygen atoms in total. The zero-order valence-electron chi connectivity index (χ0n) is 13.6. The fourth-order valence-electron chi connectivity index (χ4n) is 3.36. The number of furan rings is 1. The summed E-state index contributed by atoms with van der Waals surface area (Å²) >= 11 is 1.53. The van der Waals surface area contributed by atoms with Gasteiger partial charge in [0.25, 0.3) is 0 Å². The quantitative estimate of drug-likeness (QED) is 0.403. The van der Waals surface area contributed by atoms with Gasteiger partial charge in [-0.2, -0.15) is 0 Å². The van der Waals surface area contributed by atoms with Crippen LogP contribution in [-0.2, 0) is 6.42 Å². The van der Waals surface area contributed by atoms with E-state index in [9.17, 15) is 0 Å². The van der Waals surface area contributed by atoms with Crippen LogP contribution in [0.3, 0.4) is 0 Å². The Kier molecular flexibility index (Phi) is 3.46. The van der Waals surface area contributed by atoms with Crippen LogP contribution in [0.1, 0.15) is 17.5 Å². The first-order valence-electron chi connectivity index (χ1n) is 8.21. The topological polar surface area (TPSA) is 83.5 Å². The predicted octanol–water partition coefficient (Wildman–Crippen LogP) is 4.82. The van der Waals surface area contributed by atoms with E-state index in [1.807, 2.05) is 23.6 Å². The maximum atomic E-state index is 9.10. The summed E-state index contributed by atoms with van der Waals surface area (Å²) in [7, 11) is 0. The molecule has 0 amide bonds. The van der Waals surface area contributed by atoms with Crippen LogP contribution in [-0.4, -0.2) is 20.9 Å². The highest BCUT2D eigenvalue weighted by molar-refractivity contribution is 7.13. The summed E-state index contributed by atoms with van der Waals surface area (Å²) < 4.78 is 6.01. The number of thiazole rings is 1. The molecule has 0 saturated heterocycles. The molecule has 1 aromatic carbocycles. The van der Waals surface area contributed by atoms with Gasteiger partial charge >= 0.3 is 0 Å². The summed E-state index contributed by atoms with van der Waals surface area (Å²) in [4.78, 5) is 8.53.